The summed E-state index contributed by atoms with van der Waals surface area (Å²) in [7, 11) is 1.74. The largest absolute Gasteiger partial charge is 0.347 e. The minimum atomic E-state index is -0.571. The van der Waals surface area contributed by atoms with Crippen molar-refractivity contribution in [3.8, 4) is 0 Å². The molecule has 3 rings (SSSR count). The maximum Gasteiger partial charge on any atom is 0.251 e. The van der Waals surface area contributed by atoms with Crippen molar-refractivity contribution < 1.29 is 19.2 Å². The van der Waals surface area contributed by atoms with Crippen LogP contribution in [-0.4, -0.2) is 66.0 Å². The van der Waals surface area contributed by atoms with E-state index in [9.17, 15) is 19.2 Å². The highest BCUT2D eigenvalue weighted by Gasteiger charge is 2.41. The average molecular weight is 521 g/mol. The molecule has 1 heterocycles. The molecule has 2 aromatic rings. The maximum absolute atomic E-state index is 13.2. The van der Waals surface area contributed by atoms with E-state index in [1.165, 1.54) is 0 Å². The van der Waals surface area contributed by atoms with Gasteiger partial charge in [-0.05, 0) is 48.6 Å². The zero-order chi connectivity index (χ0) is 27.9. The number of likely N-dealkylation sites (tertiary alicyclic amines) is 1. The molecule has 4 atom stereocenters. The first-order valence-electron chi connectivity index (χ1n) is 13.2. The lowest BCUT2D eigenvalue weighted by Crippen LogP contribution is -2.53. The molecule has 0 saturated carbocycles. The summed E-state index contributed by atoms with van der Waals surface area (Å²) in [5.74, 6) is -0.400. The molecule has 0 spiro atoms. The highest BCUT2D eigenvalue weighted by atomic mass is 16.2. The van der Waals surface area contributed by atoms with Crippen molar-refractivity contribution >= 4 is 24.5 Å². The van der Waals surface area contributed by atoms with Crippen molar-refractivity contribution in [2.45, 2.75) is 71.2 Å². The predicted molar refractivity (Wildman–Crippen MR) is 147 cm³/mol. The van der Waals surface area contributed by atoms with Gasteiger partial charge in [-0.2, -0.15) is 0 Å². The fourth-order valence-corrected chi connectivity index (χ4v) is 5.24. The molecule has 0 bridgehead atoms. The minimum absolute atomic E-state index is 0.0312. The molecule has 2 aromatic carbocycles. The van der Waals surface area contributed by atoms with E-state index in [4.69, 9.17) is 0 Å². The Bertz CT molecular complexity index is 1100. The molecule has 4 unspecified atom stereocenters. The molecule has 1 aliphatic rings. The van der Waals surface area contributed by atoms with Gasteiger partial charge in [-0.25, -0.2) is 0 Å². The monoisotopic (exact) mass is 520 g/mol. The van der Waals surface area contributed by atoms with E-state index in [0.717, 1.165) is 30.2 Å². The van der Waals surface area contributed by atoms with Gasteiger partial charge in [0, 0.05) is 24.7 Å². The molecule has 8 nitrogen and oxygen atoms in total. The van der Waals surface area contributed by atoms with Crippen LogP contribution in [0.1, 0.15) is 68.1 Å². The van der Waals surface area contributed by atoms with E-state index in [-0.39, 0.29) is 35.9 Å². The summed E-state index contributed by atoms with van der Waals surface area (Å²) in [5.41, 5.74) is 2.16. The van der Waals surface area contributed by atoms with Crippen LogP contribution in [0.15, 0.2) is 54.6 Å². The first kappa shape index (κ1) is 29.0. The Balaban J connectivity index is 1.64. The number of amides is 3. The van der Waals surface area contributed by atoms with Crippen molar-refractivity contribution in [1.29, 1.82) is 0 Å². The predicted octanol–water partition coefficient (Wildman–Crippen LogP) is 3.33. The molecule has 8 heteroatoms. The van der Waals surface area contributed by atoms with E-state index in [1.54, 1.807) is 29.0 Å². The number of nitrogens with zero attached hydrogens (tertiary/aromatic N) is 2. The van der Waals surface area contributed by atoms with Gasteiger partial charge in [0.05, 0.1) is 18.1 Å². The number of rotatable bonds is 11. The van der Waals surface area contributed by atoms with Crippen molar-refractivity contribution in [3.05, 3.63) is 71.3 Å². The van der Waals surface area contributed by atoms with Gasteiger partial charge in [0.2, 0.25) is 12.3 Å². The zero-order valence-corrected chi connectivity index (χ0v) is 23.0. The zero-order valence-electron chi connectivity index (χ0n) is 23.0. The number of benzene rings is 2. The maximum atomic E-state index is 13.2. The molecule has 0 aromatic heterocycles. The van der Waals surface area contributed by atoms with Gasteiger partial charge in [-0.3, -0.25) is 14.4 Å². The van der Waals surface area contributed by atoms with Gasteiger partial charge in [0.15, 0.2) is 0 Å². The van der Waals surface area contributed by atoms with Crippen molar-refractivity contribution in [2.24, 2.45) is 5.41 Å². The molecule has 2 N–H and O–H groups in total. The second-order valence-electron chi connectivity index (χ2n) is 11.0. The number of aldehydes is 1. The van der Waals surface area contributed by atoms with Gasteiger partial charge in [-0.1, -0.05) is 70.2 Å². The van der Waals surface area contributed by atoms with Crippen LogP contribution < -0.4 is 10.6 Å². The Morgan fingerprint density at radius 3 is 2.26 bits per heavy atom. The average Bonchev–Trinajstić information content (AvgIpc) is 3.31. The molecular formula is C30H40N4O4. The summed E-state index contributed by atoms with van der Waals surface area (Å²) in [6.45, 7) is 8.68. The van der Waals surface area contributed by atoms with Gasteiger partial charge < -0.3 is 25.2 Å². The summed E-state index contributed by atoms with van der Waals surface area (Å²) in [5, 5.41) is 6.05. The first-order valence-corrected chi connectivity index (χ1v) is 13.2. The lowest BCUT2D eigenvalue weighted by atomic mass is 9.86. The number of carbonyl (C=O) groups excluding carboxylic acids is 4. The van der Waals surface area contributed by atoms with Crippen LogP contribution in [0.2, 0.25) is 0 Å². The Hall–Kier alpha value is -3.52. The third-order valence-corrected chi connectivity index (χ3v) is 7.21. The van der Waals surface area contributed by atoms with Crippen molar-refractivity contribution in [2.75, 3.05) is 13.6 Å². The number of nitrogens with one attached hydrogen (secondary N) is 2. The SMILES string of the molecule is CCC(c1ccccc1)N(C=O)Cc1ccc(C(=O)NC2CC(C=O)N(C(=O)C(NC)C(C)(C)C)C2)cc1. The number of likely N-dealkylation sites (N-methyl/N-ethyl adjacent to an activating group) is 1. The van der Waals surface area contributed by atoms with E-state index in [1.807, 2.05) is 63.2 Å². The molecule has 1 fully saturated rings. The molecule has 0 aliphatic carbocycles. The number of carbonyl (C=O) groups is 4. The van der Waals surface area contributed by atoms with E-state index in [0.29, 0.717) is 18.5 Å². The quantitative estimate of drug-likeness (QED) is 0.443. The van der Waals surface area contributed by atoms with Crippen LogP contribution in [0.25, 0.3) is 0 Å². The van der Waals surface area contributed by atoms with Gasteiger partial charge >= 0.3 is 0 Å². The second kappa shape index (κ2) is 12.8. The van der Waals surface area contributed by atoms with Crippen LogP contribution in [0.4, 0.5) is 0 Å². The Morgan fingerprint density at radius 2 is 1.74 bits per heavy atom. The van der Waals surface area contributed by atoms with Gasteiger partial charge in [-0.15, -0.1) is 0 Å². The van der Waals surface area contributed by atoms with Crippen molar-refractivity contribution in [3.63, 3.8) is 0 Å². The van der Waals surface area contributed by atoms with E-state index >= 15 is 0 Å². The topological polar surface area (TPSA) is 98.8 Å². The lowest BCUT2D eigenvalue weighted by Gasteiger charge is -2.34. The summed E-state index contributed by atoms with van der Waals surface area (Å²) in [4.78, 5) is 53.1. The molecule has 3 amide bonds. The standard InChI is InChI=1S/C30H40N4O4/c1-6-26(22-10-8-7-9-11-22)33(20-36)17-21-12-14-23(15-13-21)28(37)32-24-16-25(19-35)34(18-24)29(38)27(31-5)30(2,3)4/h7-15,19-20,24-27,31H,6,16-18H2,1-5H3,(H,32,37). The highest BCUT2D eigenvalue weighted by molar-refractivity contribution is 5.94. The van der Waals surface area contributed by atoms with Crippen LogP contribution in [0, 0.1) is 5.41 Å². The normalized spacial score (nSPS) is 18.9. The minimum Gasteiger partial charge on any atom is -0.347 e. The van der Waals surface area contributed by atoms with E-state index < -0.39 is 12.1 Å². The fraction of sp³-hybridized carbons (Fsp3) is 0.467. The van der Waals surface area contributed by atoms with Crippen LogP contribution >= 0.6 is 0 Å². The summed E-state index contributed by atoms with van der Waals surface area (Å²) < 4.78 is 0. The van der Waals surface area contributed by atoms with E-state index in [2.05, 4.69) is 17.6 Å². The van der Waals surface area contributed by atoms with Crippen LogP contribution in [0.3, 0.4) is 0 Å². The summed E-state index contributed by atoms with van der Waals surface area (Å²) in [6.07, 6.45) is 2.82. The Labute approximate surface area is 225 Å². The van der Waals surface area contributed by atoms with Crippen molar-refractivity contribution in [1.82, 2.24) is 20.4 Å². The van der Waals surface area contributed by atoms with Crippen LogP contribution in [0.5, 0.6) is 0 Å². The van der Waals surface area contributed by atoms with Gasteiger partial charge in [0.25, 0.3) is 5.91 Å². The first-order chi connectivity index (χ1) is 18.1. The Kier molecular flexibility index (Phi) is 9.80. The highest BCUT2D eigenvalue weighted by Crippen LogP contribution is 2.26. The molecule has 1 aliphatic heterocycles. The molecule has 38 heavy (non-hydrogen) atoms. The third kappa shape index (κ3) is 6.86. The fourth-order valence-electron chi connectivity index (χ4n) is 5.24. The summed E-state index contributed by atoms with van der Waals surface area (Å²) >= 11 is 0. The molecular weight excluding hydrogens is 480 g/mol. The third-order valence-electron chi connectivity index (χ3n) is 7.21. The van der Waals surface area contributed by atoms with Crippen LogP contribution in [-0.2, 0) is 20.9 Å². The number of hydrogen-bond donors (Lipinski definition) is 2. The molecule has 0 radical (unpaired) electrons. The van der Waals surface area contributed by atoms with Gasteiger partial charge in [0.1, 0.15) is 6.29 Å². The Morgan fingerprint density at radius 1 is 1.08 bits per heavy atom. The lowest BCUT2D eigenvalue weighted by molar-refractivity contribution is -0.138. The second-order valence-corrected chi connectivity index (χ2v) is 11.0. The summed E-state index contributed by atoms with van der Waals surface area (Å²) in [6, 6.07) is 15.7. The molecule has 204 valence electrons. The number of hydrogen-bond acceptors (Lipinski definition) is 5. The smallest absolute Gasteiger partial charge is 0.251 e. The molecule has 1 saturated heterocycles.